The summed E-state index contributed by atoms with van der Waals surface area (Å²) in [5.41, 5.74) is 8.34. The van der Waals surface area contributed by atoms with E-state index < -0.39 is 0 Å². The Morgan fingerprint density at radius 1 is 1.47 bits per heavy atom. The van der Waals surface area contributed by atoms with Crippen LogP contribution in [0.25, 0.3) is 10.2 Å². The summed E-state index contributed by atoms with van der Waals surface area (Å²) in [6.07, 6.45) is 3.93. The minimum atomic E-state index is 0.273. The molecule has 1 saturated heterocycles. The molecule has 1 aliphatic heterocycles. The SMILES string of the molecule is Cc1csc2c(N3CCCC(N)C3)ncnc12. The molecule has 3 heterocycles. The van der Waals surface area contributed by atoms with Crippen molar-refractivity contribution >= 4 is 27.4 Å². The number of fused-ring (bicyclic) bond motifs is 1. The Labute approximate surface area is 104 Å². The Bertz CT molecular complexity index is 536. The third-order valence-corrected chi connectivity index (χ3v) is 4.35. The van der Waals surface area contributed by atoms with Gasteiger partial charge < -0.3 is 10.6 Å². The smallest absolute Gasteiger partial charge is 0.150 e. The molecule has 2 aromatic rings. The van der Waals surface area contributed by atoms with E-state index >= 15 is 0 Å². The molecule has 5 heteroatoms. The summed E-state index contributed by atoms with van der Waals surface area (Å²) < 4.78 is 1.19. The Hall–Kier alpha value is -1.20. The molecule has 0 saturated carbocycles. The minimum Gasteiger partial charge on any atom is -0.354 e. The maximum Gasteiger partial charge on any atom is 0.150 e. The van der Waals surface area contributed by atoms with Gasteiger partial charge in [-0.25, -0.2) is 9.97 Å². The van der Waals surface area contributed by atoms with E-state index in [2.05, 4.69) is 27.2 Å². The predicted octanol–water partition coefficient (Wildman–Crippen LogP) is 1.93. The van der Waals surface area contributed by atoms with Gasteiger partial charge in [0.25, 0.3) is 0 Å². The van der Waals surface area contributed by atoms with Crippen LogP contribution in [0.2, 0.25) is 0 Å². The summed E-state index contributed by atoms with van der Waals surface area (Å²) in [5, 5.41) is 2.15. The molecule has 0 spiro atoms. The molecule has 0 aliphatic carbocycles. The first kappa shape index (κ1) is 10.9. The van der Waals surface area contributed by atoms with Crippen LogP contribution in [0.3, 0.4) is 0 Å². The van der Waals surface area contributed by atoms with E-state index in [1.165, 1.54) is 10.3 Å². The number of anilines is 1. The van der Waals surface area contributed by atoms with Gasteiger partial charge in [0.15, 0.2) is 0 Å². The number of aromatic nitrogens is 2. The Morgan fingerprint density at radius 3 is 3.18 bits per heavy atom. The lowest BCUT2D eigenvalue weighted by atomic mass is 10.1. The van der Waals surface area contributed by atoms with E-state index in [-0.39, 0.29) is 6.04 Å². The number of rotatable bonds is 1. The molecule has 2 aromatic heterocycles. The first-order valence-corrected chi connectivity index (χ1v) is 6.83. The Kier molecular flexibility index (Phi) is 2.72. The van der Waals surface area contributed by atoms with Crippen molar-refractivity contribution in [3.63, 3.8) is 0 Å². The van der Waals surface area contributed by atoms with E-state index in [1.54, 1.807) is 17.7 Å². The van der Waals surface area contributed by atoms with Crippen LogP contribution >= 0.6 is 11.3 Å². The largest absolute Gasteiger partial charge is 0.354 e. The molecule has 0 radical (unpaired) electrons. The van der Waals surface area contributed by atoms with Gasteiger partial charge in [0.2, 0.25) is 0 Å². The number of piperidine rings is 1. The van der Waals surface area contributed by atoms with Crippen LogP contribution in [0.1, 0.15) is 18.4 Å². The lowest BCUT2D eigenvalue weighted by Crippen LogP contribution is -2.43. The second kappa shape index (κ2) is 4.23. The molecule has 0 amide bonds. The third kappa shape index (κ3) is 1.89. The van der Waals surface area contributed by atoms with E-state index in [4.69, 9.17) is 5.73 Å². The van der Waals surface area contributed by atoms with Gasteiger partial charge in [-0.2, -0.15) is 0 Å². The number of hydrogen-bond donors (Lipinski definition) is 1. The fourth-order valence-corrected chi connectivity index (χ4v) is 3.40. The molecule has 2 N–H and O–H groups in total. The predicted molar refractivity (Wildman–Crippen MR) is 71.6 cm³/mol. The zero-order valence-corrected chi connectivity index (χ0v) is 10.7. The average molecular weight is 248 g/mol. The van der Waals surface area contributed by atoms with Gasteiger partial charge in [-0.15, -0.1) is 11.3 Å². The molecule has 1 unspecified atom stereocenters. The van der Waals surface area contributed by atoms with Gasteiger partial charge in [0, 0.05) is 19.1 Å². The topological polar surface area (TPSA) is 55.0 Å². The Balaban J connectivity index is 2.04. The molecule has 4 nitrogen and oxygen atoms in total. The second-order valence-corrected chi connectivity index (χ2v) is 5.52. The van der Waals surface area contributed by atoms with Gasteiger partial charge in [0.1, 0.15) is 12.1 Å². The fourth-order valence-electron chi connectivity index (χ4n) is 2.38. The van der Waals surface area contributed by atoms with Crippen molar-refractivity contribution in [1.29, 1.82) is 0 Å². The van der Waals surface area contributed by atoms with Gasteiger partial charge in [-0.05, 0) is 30.7 Å². The number of hydrogen-bond acceptors (Lipinski definition) is 5. The number of thiophene rings is 1. The zero-order chi connectivity index (χ0) is 11.8. The van der Waals surface area contributed by atoms with Crippen molar-refractivity contribution in [3.8, 4) is 0 Å². The standard InChI is InChI=1S/C12H16N4S/c1-8-6-17-11-10(8)14-7-15-12(11)16-4-2-3-9(13)5-16/h6-7,9H,2-5,13H2,1H3. The van der Waals surface area contributed by atoms with Crippen LogP contribution in [0.15, 0.2) is 11.7 Å². The van der Waals surface area contributed by atoms with E-state index in [1.807, 2.05) is 0 Å². The normalized spacial score (nSPS) is 21.1. The van der Waals surface area contributed by atoms with Crippen molar-refractivity contribution in [3.05, 3.63) is 17.3 Å². The van der Waals surface area contributed by atoms with Gasteiger partial charge >= 0.3 is 0 Å². The van der Waals surface area contributed by atoms with Crippen molar-refractivity contribution in [2.75, 3.05) is 18.0 Å². The van der Waals surface area contributed by atoms with Crippen molar-refractivity contribution in [2.45, 2.75) is 25.8 Å². The highest BCUT2D eigenvalue weighted by Gasteiger charge is 2.20. The number of aryl methyl sites for hydroxylation is 1. The molecule has 3 rings (SSSR count). The fraction of sp³-hybridized carbons (Fsp3) is 0.500. The van der Waals surface area contributed by atoms with Crippen LogP contribution in [-0.4, -0.2) is 29.1 Å². The summed E-state index contributed by atoms with van der Waals surface area (Å²) in [6.45, 7) is 4.05. The molecule has 0 aromatic carbocycles. The summed E-state index contributed by atoms with van der Waals surface area (Å²) in [5.74, 6) is 1.06. The number of nitrogens with zero attached hydrogens (tertiary/aromatic N) is 3. The summed E-state index contributed by atoms with van der Waals surface area (Å²) >= 11 is 1.73. The summed E-state index contributed by atoms with van der Waals surface area (Å²) in [6, 6.07) is 0.273. The first-order valence-electron chi connectivity index (χ1n) is 5.95. The zero-order valence-electron chi connectivity index (χ0n) is 9.89. The molecule has 1 aliphatic rings. The maximum absolute atomic E-state index is 6.03. The van der Waals surface area contributed by atoms with E-state index in [0.717, 1.165) is 37.3 Å². The summed E-state index contributed by atoms with van der Waals surface area (Å²) in [4.78, 5) is 11.1. The van der Waals surface area contributed by atoms with Crippen LogP contribution in [-0.2, 0) is 0 Å². The van der Waals surface area contributed by atoms with Crippen molar-refractivity contribution in [2.24, 2.45) is 5.73 Å². The monoisotopic (exact) mass is 248 g/mol. The second-order valence-electron chi connectivity index (χ2n) is 4.64. The average Bonchev–Trinajstić information content (AvgIpc) is 2.71. The molecular weight excluding hydrogens is 232 g/mol. The van der Waals surface area contributed by atoms with Crippen LogP contribution in [0.5, 0.6) is 0 Å². The highest BCUT2D eigenvalue weighted by Crippen LogP contribution is 2.31. The first-order chi connectivity index (χ1) is 8.25. The van der Waals surface area contributed by atoms with Crippen LogP contribution in [0, 0.1) is 6.92 Å². The van der Waals surface area contributed by atoms with Crippen molar-refractivity contribution < 1.29 is 0 Å². The highest BCUT2D eigenvalue weighted by atomic mass is 32.1. The van der Waals surface area contributed by atoms with Crippen LogP contribution in [0.4, 0.5) is 5.82 Å². The van der Waals surface area contributed by atoms with Crippen LogP contribution < -0.4 is 10.6 Å². The third-order valence-electron chi connectivity index (χ3n) is 3.27. The van der Waals surface area contributed by atoms with E-state index in [9.17, 15) is 0 Å². The van der Waals surface area contributed by atoms with E-state index in [0.29, 0.717) is 0 Å². The lowest BCUT2D eigenvalue weighted by Gasteiger charge is -2.31. The maximum atomic E-state index is 6.03. The molecule has 17 heavy (non-hydrogen) atoms. The lowest BCUT2D eigenvalue weighted by molar-refractivity contribution is 0.504. The number of nitrogens with two attached hydrogens (primary N) is 1. The quantitative estimate of drug-likeness (QED) is 0.838. The molecule has 1 fully saturated rings. The summed E-state index contributed by atoms with van der Waals surface area (Å²) in [7, 11) is 0. The Morgan fingerprint density at radius 2 is 2.35 bits per heavy atom. The minimum absolute atomic E-state index is 0.273. The molecule has 1 atom stereocenters. The molecule has 90 valence electrons. The molecule has 0 bridgehead atoms. The van der Waals surface area contributed by atoms with Gasteiger partial charge in [-0.3, -0.25) is 0 Å². The van der Waals surface area contributed by atoms with Crippen molar-refractivity contribution in [1.82, 2.24) is 9.97 Å². The molecular formula is C12H16N4S. The highest BCUT2D eigenvalue weighted by molar-refractivity contribution is 7.18. The van der Waals surface area contributed by atoms with Gasteiger partial charge in [0.05, 0.1) is 10.2 Å². The van der Waals surface area contributed by atoms with Gasteiger partial charge in [-0.1, -0.05) is 0 Å².